The summed E-state index contributed by atoms with van der Waals surface area (Å²) in [4.78, 5) is 25.3. The van der Waals surface area contributed by atoms with Gasteiger partial charge in [0.1, 0.15) is 12.0 Å². The second-order valence-electron chi connectivity index (χ2n) is 7.01. The monoisotopic (exact) mass is 438 g/mol. The zero-order valence-corrected chi connectivity index (χ0v) is 16.0. The van der Waals surface area contributed by atoms with Gasteiger partial charge in [0.05, 0.1) is 16.8 Å². The quantitative estimate of drug-likeness (QED) is 0.461. The summed E-state index contributed by atoms with van der Waals surface area (Å²) in [6, 6.07) is 2.19. The molecule has 0 aromatic carbocycles. The fourth-order valence-electron chi connectivity index (χ4n) is 3.52. The number of fused-ring (bicyclic) bond motifs is 1. The van der Waals surface area contributed by atoms with Crippen LogP contribution in [0.15, 0.2) is 42.5 Å². The van der Waals surface area contributed by atoms with Crippen LogP contribution in [0.2, 0.25) is 0 Å². The van der Waals surface area contributed by atoms with Gasteiger partial charge >= 0.3 is 6.18 Å². The lowest BCUT2D eigenvalue weighted by molar-refractivity contribution is -0.138. The predicted molar refractivity (Wildman–Crippen MR) is 97.4 cm³/mol. The van der Waals surface area contributed by atoms with E-state index in [2.05, 4.69) is 20.1 Å². The number of alkyl halides is 5. The molecule has 3 aromatic rings. The SMILES string of the molecule is CC1=CCN(C(=O)c2ccncc2C(F)(F)F)C[C@H]1c1cc(C(F)F)nc2ncnn12. The maximum absolute atomic E-state index is 13.3. The van der Waals surface area contributed by atoms with Gasteiger partial charge in [-0.15, -0.1) is 0 Å². The molecule has 4 heterocycles. The first-order chi connectivity index (χ1) is 14.7. The lowest BCUT2D eigenvalue weighted by Crippen LogP contribution is -2.39. The van der Waals surface area contributed by atoms with Crippen molar-refractivity contribution in [2.75, 3.05) is 13.1 Å². The van der Waals surface area contributed by atoms with Gasteiger partial charge in [-0.05, 0) is 19.1 Å². The van der Waals surface area contributed by atoms with Crippen molar-refractivity contribution in [3.05, 3.63) is 65.0 Å². The molecule has 0 saturated heterocycles. The zero-order valence-electron chi connectivity index (χ0n) is 16.0. The molecule has 0 unspecified atom stereocenters. The molecule has 0 bridgehead atoms. The number of hydrogen-bond acceptors (Lipinski definition) is 5. The van der Waals surface area contributed by atoms with Crippen molar-refractivity contribution in [3.63, 3.8) is 0 Å². The molecule has 0 fully saturated rings. The summed E-state index contributed by atoms with van der Waals surface area (Å²) in [5.74, 6) is -1.45. The standard InChI is InChI=1S/C19H15F5N6O/c1-10-3-5-29(17(31)11-2-4-25-7-13(11)19(22,23)24)8-12(10)15-6-14(16(20)21)28-18-26-9-27-30(15)18/h2-4,6-7,9,12,16H,5,8H2,1H3/t12-/m1/s1. The van der Waals surface area contributed by atoms with Crippen LogP contribution in [0.4, 0.5) is 22.0 Å². The number of nitrogens with zero attached hydrogens (tertiary/aromatic N) is 6. The van der Waals surface area contributed by atoms with Gasteiger partial charge < -0.3 is 4.90 Å². The summed E-state index contributed by atoms with van der Waals surface area (Å²) < 4.78 is 67.9. The van der Waals surface area contributed by atoms with E-state index in [1.807, 2.05) is 0 Å². The molecule has 1 atom stereocenters. The normalized spacial score (nSPS) is 17.3. The summed E-state index contributed by atoms with van der Waals surface area (Å²) in [6.45, 7) is 1.81. The molecule has 0 saturated carbocycles. The van der Waals surface area contributed by atoms with E-state index in [9.17, 15) is 26.7 Å². The summed E-state index contributed by atoms with van der Waals surface area (Å²) in [7, 11) is 0. The molecule has 4 rings (SSSR count). The van der Waals surface area contributed by atoms with E-state index in [0.717, 1.165) is 17.8 Å². The number of hydrogen-bond donors (Lipinski definition) is 0. The summed E-state index contributed by atoms with van der Waals surface area (Å²) in [5, 5.41) is 4.01. The van der Waals surface area contributed by atoms with Gasteiger partial charge in [-0.2, -0.15) is 23.3 Å². The van der Waals surface area contributed by atoms with E-state index in [-0.39, 0.29) is 18.9 Å². The Bertz CT molecular complexity index is 1170. The van der Waals surface area contributed by atoms with E-state index in [1.54, 1.807) is 13.0 Å². The smallest absolute Gasteiger partial charge is 0.334 e. The Kier molecular flexibility index (Phi) is 5.15. The first-order valence-corrected chi connectivity index (χ1v) is 9.12. The van der Waals surface area contributed by atoms with E-state index in [0.29, 0.717) is 11.9 Å². The van der Waals surface area contributed by atoms with Crippen molar-refractivity contribution >= 4 is 11.7 Å². The highest BCUT2D eigenvalue weighted by Gasteiger charge is 2.37. The molecule has 0 aliphatic carbocycles. The average Bonchev–Trinajstić information content (AvgIpc) is 3.21. The van der Waals surface area contributed by atoms with E-state index in [4.69, 9.17) is 0 Å². The van der Waals surface area contributed by atoms with Crippen LogP contribution in [0.5, 0.6) is 0 Å². The molecular weight excluding hydrogens is 423 g/mol. The van der Waals surface area contributed by atoms with E-state index >= 15 is 0 Å². The van der Waals surface area contributed by atoms with Crippen LogP contribution in [-0.2, 0) is 6.18 Å². The minimum absolute atomic E-state index is 0.0254. The number of aromatic nitrogens is 5. The van der Waals surface area contributed by atoms with Crippen LogP contribution < -0.4 is 0 Å². The van der Waals surface area contributed by atoms with Crippen LogP contribution in [0, 0.1) is 0 Å². The second-order valence-corrected chi connectivity index (χ2v) is 7.01. The van der Waals surface area contributed by atoms with Crippen LogP contribution >= 0.6 is 0 Å². The number of carbonyl (C=O) groups excluding carboxylic acids is 1. The van der Waals surface area contributed by atoms with Crippen LogP contribution in [0.25, 0.3) is 5.78 Å². The maximum atomic E-state index is 13.3. The number of carbonyl (C=O) groups is 1. The fraction of sp³-hybridized carbons (Fsp3) is 0.316. The largest absolute Gasteiger partial charge is 0.418 e. The van der Waals surface area contributed by atoms with Crippen molar-refractivity contribution in [1.82, 2.24) is 29.5 Å². The fourth-order valence-corrected chi connectivity index (χ4v) is 3.52. The Morgan fingerprint density at radius 2 is 2.06 bits per heavy atom. The molecule has 1 aliphatic rings. The number of rotatable bonds is 3. The van der Waals surface area contributed by atoms with Gasteiger partial charge in [-0.25, -0.2) is 18.3 Å². The molecule has 162 valence electrons. The molecule has 7 nitrogen and oxygen atoms in total. The Balaban J connectivity index is 1.72. The van der Waals surface area contributed by atoms with Gasteiger partial charge in [0.25, 0.3) is 18.1 Å². The molecule has 0 N–H and O–H groups in total. The number of halogens is 5. The van der Waals surface area contributed by atoms with Crippen LogP contribution in [0.1, 0.15) is 46.6 Å². The number of pyridine rings is 1. The molecule has 0 spiro atoms. The van der Waals surface area contributed by atoms with Crippen LogP contribution in [0.3, 0.4) is 0 Å². The van der Waals surface area contributed by atoms with E-state index < -0.39 is 41.2 Å². The van der Waals surface area contributed by atoms with E-state index in [1.165, 1.54) is 21.8 Å². The Morgan fingerprint density at radius 3 is 2.77 bits per heavy atom. The zero-order chi connectivity index (χ0) is 22.3. The van der Waals surface area contributed by atoms with Gasteiger partial charge in [-0.1, -0.05) is 11.6 Å². The van der Waals surface area contributed by atoms with Crippen molar-refractivity contribution in [2.45, 2.75) is 25.4 Å². The molecule has 1 aliphatic heterocycles. The first kappa shape index (κ1) is 20.8. The lowest BCUT2D eigenvalue weighted by Gasteiger charge is -2.32. The molecule has 0 radical (unpaired) electrons. The summed E-state index contributed by atoms with van der Waals surface area (Å²) in [5.41, 5.74) is -1.08. The minimum Gasteiger partial charge on any atom is -0.334 e. The second kappa shape index (κ2) is 7.67. The Morgan fingerprint density at radius 1 is 1.29 bits per heavy atom. The molecule has 3 aromatic heterocycles. The van der Waals surface area contributed by atoms with Gasteiger partial charge in [0, 0.05) is 31.4 Å². The topological polar surface area (TPSA) is 76.3 Å². The maximum Gasteiger partial charge on any atom is 0.418 e. The van der Waals surface area contributed by atoms with Crippen molar-refractivity contribution in [3.8, 4) is 0 Å². The Labute approximate surface area is 172 Å². The van der Waals surface area contributed by atoms with Gasteiger partial charge in [0.15, 0.2) is 0 Å². The summed E-state index contributed by atoms with van der Waals surface area (Å²) >= 11 is 0. The third-order valence-corrected chi connectivity index (χ3v) is 5.11. The van der Waals surface area contributed by atoms with Crippen molar-refractivity contribution < 1.29 is 26.7 Å². The predicted octanol–water partition coefficient (Wildman–Crippen LogP) is 3.66. The average molecular weight is 438 g/mol. The molecular formula is C19H15F5N6O. The molecule has 1 amide bonds. The Hall–Kier alpha value is -3.44. The van der Waals surface area contributed by atoms with Crippen molar-refractivity contribution in [2.24, 2.45) is 0 Å². The van der Waals surface area contributed by atoms with Gasteiger partial charge in [-0.3, -0.25) is 9.78 Å². The first-order valence-electron chi connectivity index (χ1n) is 9.12. The number of amides is 1. The molecule has 31 heavy (non-hydrogen) atoms. The lowest BCUT2D eigenvalue weighted by atomic mass is 9.91. The third-order valence-electron chi connectivity index (χ3n) is 5.11. The highest BCUT2D eigenvalue weighted by atomic mass is 19.4. The van der Waals surface area contributed by atoms with Gasteiger partial charge in [0.2, 0.25) is 0 Å². The summed E-state index contributed by atoms with van der Waals surface area (Å²) in [6.07, 6.45) is -3.04. The van der Waals surface area contributed by atoms with Crippen molar-refractivity contribution in [1.29, 1.82) is 0 Å². The minimum atomic E-state index is -4.75. The third kappa shape index (κ3) is 3.84. The molecule has 12 heteroatoms. The highest BCUT2D eigenvalue weighted by molar-refractivity contribution is 5.96. The van der Waals surface area contributed by atoms with Crippen LogP contribution in [-0.4, -0.2) is 48.5 Å². The highest BCUT2D eigenvalue weighted by Crippen LogP contribution is 2.34.